The van der Waals surface area contributed by atoms with Crippen LogP contribution in [0.1, 0.15) is 37.9 Å². The quantitative estimate of drug-likeness (QED) is 0.385. The highest BCUT2D eigenvalue weighted by molar-refractivity contribution is 7.98. The van der Waals surface area contributed by atoms with E-state index < -0.39 is 5.97 Å². The molecule has 0 aliphatic carbocycles. The minimum absolute atomic E-state index is 0.274. The number of ether oxygens (including phenoxy) is 1. The van der Waals surface area contributed by atoms with Crippen LogP contribution >= 0.6 is 11.8 Å². The van der Waals surface area contributed by atoms with Gasteiger partial charge in [0.15, 0.2) is 6.61 Å². The summed E-state index contributed by atoms with van der Waals surface area (Å²) in [5, 5.41) is 3.94. The van der Waals surface area contributed by atoms with Gasteiger partial charge in [-0.1, -0.05) is 17.3 Å². The Kier molecular flexibility index (Phi) is 5.58. The molecule has 0 spiro atoms. The van der Waals surface area contributed by atoms with Gasteiger partial charge in [-0.15, -0.1) is 11.8 Å². The summed E-state index contributed by atoms with van der Waals surface area (Å²) in [5.74, 6) is 0.606. The lowest BCUT2D eigenvalue weighted by Gasteiger charge is -2.09. The Labute approximate surface area is 154 Å². The summed E-state index contributed by atoms with van der Waals surface area (Å²) in [6, 6.07) is 10.5. The number of ketones is 1. The van der Waals surface area contributed by atoms with Gasteiger partial charge >= 0.3 is 5.97 Å². The number of benzene rings is 1. The van der Waals surface area contributed by atoms with E-state index in [9.17, 15) is 9.59 Å². The predicted octanol–water partition coefficient (Wildman–Crippen LogP) is 3.95. The average molecular weight is 370 g/mol. The Bertz CT molecular complexity index is 896. The number of H-pyrrole nitrogens is 1. The number of rotatable bonds is 7. The molecule has 0 saturated carbocycles. The van der Waals surface area contributed by atoms with Gasteiger partial charge in [0.2, 0.25) is 5.78 Å². The van der Waals surface area contributed by atoms with Crippen LogP contribution in [0.2, 0.25) is 0 Å². The van der Waals surface area contributed by atoms with Gasteiger partial charge in [0.25, 0.3) is 0 Å². The first kappa shape index (κ1) is 18.0. The van der Waals surface area contributed by atoms with Crippen LogP contribution in [0.25, 0.3) is 0 Å². The number of esters is 1. The normalized spacial score (nSPS) is 10.7. The molecule has 0 aliphatic rings. The molecule has 7 heteroatoms. The van der Waals surface area contributed by atoms with Crippen LogP contribution in [0.15, 0.2) is 52.0 Å². The van der Waals surface area contributed by atoms with Crippen molar-refractivity contribution in [2.75, 3.05) is 6.61 Å². The number of Topliss-reactive ketones (excluding diaryl/α,β-unsaturated/α-hetero) is 1. The summed E-state index contributed by atoms with van der Waals surface area (Å²) in [5.41, 5.74) is 2.70. The number of hydrogen-bond donors (Lipinski definition) is 1. The third-order valence-electron chi connectivity index (χ3n) is 3.89. The second-order valence-electron chi connectivity index (χ2n) is 5.67. The van der Waals surface area contributed by atoms with Gasteiger partial charge in [0.05, 0.1) is 17.0 Å². The van der Waals surface area contributed by atoms with Crippen LogP contribution in [0, 0.1) is 13.8 Å². The Hall–Kier alpha value is -2.80. The van der Waals surface area contributed by atoms with E-state index in [4.69, 9.17) is 9.26 Å². The number of aromatic nitrogens is 2. The number of carbonyl (C=O) groups excluding carboxylic acids is 2. The maximum absolute atomic E-state index is 12.4. The predicted molar refractivity (Wildman–Crippen MR) is 97.4 cm³/mol. The zero-order valence-electron chi connectivity index (χ0n) is 14.4. The number of thioether (sulfide) groups is 1. The molecule has 6 nitrogen and oxygen atoms in total. The van der Waals surface area contributed by atoms with E-state index in [0.29, 0.717) is 17.0 Å². The summed E-state index contributed by atoms with van der Waals surface area (Å²) in [6.45, 7) is 3.45. The molecule has 1 aromatic carbocycles. The molecule has 0 atom stereocenters. The van der Waals surface area contributed by atoms with E-state index in [0.717, 1.165) is 21.9 Å². The van der Waals surface area contributed by atoms with Crippen molar-refractivity contribution in [3.05, 3.63) is 70.9 Å². The fraction of sp³-hybridized carbons (Fsp3) is 0.211. The van der Waals surface area contributed by atoms with Gasteiger partial charge < -0.3 is 14.2 Å². The van der Waals surface area contributed by atoms with E-state index >= 15 is 0 Å². The highest BCUT2D eigenvalue weighted by atomic mass is 32.2. The van der Waals surface area contributed by atoms with Crippen molar-refractivity contribution in [1.82, 2.24) is 10.1 Å². The monoisotopic (exact) mass is 370 g/mol. The number of aromatic amines is 1. The van der Waals surface area contributed by atoms with E-state index in [1.165, 1.54) is 11.8 Å². The van der Waals surface area contributed by atoms with Crippen LogP contribution in [-0.4, -0.2) is 28.5 Å². The second-order valence-corrected chi connectivity index (χ2v) is 6.69. The Morgan fingerprint density at radius 2 is 2.00 bits per heavy atom. The molecule has 0 fully saturated rings. The average Bonchev–Trinajstić information content (AvgIpc) is 3.29. The molecule has 0 saturated heterocycles. The molecular formula is C19H18N2O4S. The number of nitrogens with one attached hydrogen (secondary N) is 1. The topological polar surface area (TPSA) is 85.2 Å². The van der Waals surface area contributed by atoms with Crippen LogP contribution in [0.5, 0.6) is 0 Å². The highest BCUT2D eigenvalue weighted by Crippen LogP contribution is 2.29. The van der Waals surface area contributed by atoms with Gasteiger partial charge in [-0.05, 0) is 38.1 Å². The summed E-state index contributed by atoms with van der Waals surface area (Å²) in [7, 11) is 0. The molecule has 1 N–H and O–H groups in total. The fourth-order valence-corrected chi connectivity index (χ4v) is 3.60. The molecule has 2 aromatic heterocycles. The summed E-state index contributed by atoms with van der Waals surface area (Å²) < 4.78 is 10.4. The van der Waals surface area contributed by atoms with E-state index in [2.05, 4.69) is 10.1 Å². The summed E-state index contributed by atoms with van der Waals surface area (Å²) >= 11 is 1.50. The molecule has 26 heavy (non-hydrogen) atoms. The summed E-state index contributed by atoms with van der Waals surface area (Å²) in [6.07, 6.45) is 1.65. The van der Waals surface area contributed by atoms with Crippen molar-refractivity contribution >= 4 is 23.5 Å². The molecule has 0 radical (unpaired) electrons. The molecule has 0 aliphatic heterocycles. The fourth-order valence-electron chi connectivity index (χ4n) is 2.41. The standard InChI is InChI=1S/C19H18N2O4S/c1-12-15(13(2)25-21-12)11-26-18-8-4-3-6-14(18)19(23)24-10-17(22)16-7-5-9-20-16/h3-9,20H,10-11H2,1-2H3. The van der Waals surface area contributed by atoms with E-state index in [-0.39, 0.29) is 12.4 Å². The van der Waals surface area contributed by atoms with Crippen molar-refractivity contribution in [3.63, 3.8) is 0 Å². The lowest BCUT2D eigenvalue weighted by molar-refractivity contribution is 0.0470. The zero-order valence-corrected chi connectivity index (χ0v) is 15.3. The number of nitrogens with zero attached hydrogens (tertiary/aromatic N) is 1. The highest BCUT2D eigenvalue weighted by Gasteiger charge is 2.17. The second kappa shape index (κ2) is 8.05. The minimum atomic E-state index is -0.522. The maximum atomic E-state index is 12.4. The lowest BCUT2D eigenvalue weighted by Crippen LogP contribution is -2.15. The van der Waals surface area contributed by atoms with E-state index in [1.807, 2.05) is 26.0 Å². The number of aryl methyl sites for hydroxylation is 2. The smallest absolute Gasteiger partial charge is 0.339 e. The number of carbonyl (C=O) groups is 2. The van der Waals surface area contributed by atoms with Crippen LogP contribution in [0.4, 0.5) is 0 Å². The van der Waals surface area contributed by atoms with Crippen molar-refractivity contribution in [2.24, 2.45) is 0 Å². The first-order valence-corrected chi connectivity index (χ1v) is 9.02. The molecule has 2 heterocycles. The van der Waals surface area contributed by atoms with Crippen LogP contribution < -0.4 is 0 Å². The van der Waals surface area contributed by atoms with Crippen molar-refractivity contribution < 1.29 is 18.8 Å². The Morgan fingerprint density at radius 1 is 1.19 bits per heavy atom. The van der Waals surface area contributed by atoms with Gasteiger partial charge in [0.1, 0.15) is 5.76 Å². The first-order valence-electron chi connectivity index (χ1n) is 8.03. The van der Waals surface area contributed by atoms with Crippen molar-refractivity contribution in [2.45, 2.75) is 24.5 Å². The number of hydrogen-bond acceptors (Lipinski definition) is 6. The lowest BCUT2D eigenvalue weighted by atomic mass is 10.2. The maximum Gasteiger partial charge on any atom is 0.339 e. The van der Waals surface area contributed by atoms with Crippen LogP contribution in [-0.2, 0) is 10.5 Å². The molecule has 3 rings (SSSR count). The Morgan fingerprint density at radius 3 is 2.69 bits per heavy atom. The van der Waals surface area contributed by atoms with E-state index in [1.54, 1.807) is 30.5 Å². The third-order valence-corrected chi connectivity index (χ3v) is 4.99. The van der Waals surface area contributed by atoms with Crippen molar-refractivity contribution in [3.8, 4) is 0 Å². The molecule has 134 valence electrons. The molecular weight excluding hydrogens is 352 g/mol. The van der Waals surface area contributed by atoms with Gasteiger partial charge in [-0.2, -0.15) is 0 Å². The Balaban J connectivity index is 1.66. The SMILES string of the molecule is Cc1noc(C)c1CSc1ccccc1C(=O)OCC(=O)c1ccc[nH]1. The van der Waals surface area contributed by atoms with Gasteiger partial charge in [-0.3, -0.25) is 4.79 Å². The first-order chi connectivity index (χ1) is 12.6. The van der Waals surface area contributed by atoms with Crippen molar-refractivity contribution in [1.29, 1.82) is 0 Å². The third kappa shape index (κ3) is 4.05. The minimum Gasteiger partial charge on any atom is -0.454 e. The molecule has 3 aromatic rings. The molecule has 0 unspecified atom stereocenters. The van der Waals surface area contributed by atoms with Crippen LogP contribution in [0.3, 0.4) is 0 Å². The molecule has 0 amide bonds. The van der Waals surface area contributed by atoms with Gasteiger partial charge in [-0.25, -0.2) is 4.79 Å². The summed E-state index contributed by atoms with van der Waals surface area (Å²) in [4.78, 5) is 27.9. The molecule has 0 bridgehead atoms. The largest absolute Gasteiger partial charge is 0.454 e. The zero-order chi connectivity index (χ0) is 18.5. The van der Waals surface area contributed by atoms with Gasteiger partial charge in [0, 0.05) is 22.4 Å².